The summed E-state index contributed by atoms with van der Waals surface area (Å²) in [4.78, 5) is 49.5. The molecule has 0 radical (unpaired) electrons. The van der Waals surface area contributed by atoms with Gasteiger partial charge in [-0.1, -0.05) is 44.1 Å². The largest absolute Gasteiger partial charge is 0.393 e. The van der Waals surface area contributed by atoms with Gasteiger partial charge in [0.1, 0.15) is 12.1 Å². The highest BCUT2D eigenvalue weighted by Gasteiger charge is 2.31. The van der Waals surface area contributed by atoms with Crippen LogP contribution in [0.4, 0.5) is 0 Å². The molecule has 5 atom stereocenters. The molecule has 0 aromatic carbocycles. The molecule has 10 nitrogen and oxygen atoms in total. The van der Waals surface area contributed by atoms with Crippen molar-refractivity contribution in [3.8, 4) is 0 Å². The first kappa shape index (κ1) is 30.1. The lowest BCUT2D eigenvalue weighted by Crippen LogP contribution is -2.58. The van der Waals surface area contributed by atoms with Crippen LogP contribution >= 0.6 is 0 Å². The van der Waals surface area contributed by atoms with Crippen LogP contribution in [0.1, 0.15) is 59.3 Å². The first-order valence-corrected chi connectivity index (χ1v) is 12.2. The maximum Gasteiger partial charge on any atom is 0.245 e. The van der Waals surface area contributed by atoms with Crippen molar-refractivity contribution in [2.75, 3.05) is 6.54 Å². The Labute approximate surface area is 207 Å². The van der Waals surface area contributed by atoms with E-state index in [1.165, 1.54) is 25.2 Å². The second-order valence-electron chi connectivity index (χ2n) is 8.70. The number of amides is 4. The van der Waals surface area contributed by atoms with Crippen LogP contribution in [-0.4, -0.2) is 70.7 Å². The van der Waals surface area contributed by atoms with Crippen LogP contribution in [0.3, 0.4) is 0 Å². The monoisotopic (exact) mass is 492 g/mol. The summed E-state index contributed by atoms with van der Waals surface area (Å²) >= 11 is 0. The van der Waals surface area contributed by atoms with Crippen molar-refractivity contribution in [2.45, 2.75) is 89.6 Å². The number of rotatable bonds is 10. The van der Waals surface area contributed by atoms with E-state index < -0.39 is 48.1 Å². The molecule has 1 rings (SSSR count). The summed E-state index contributed by atoms with van der Waals surface area (Å²) in [6.45, 7) is 5.34. The molecule has 0 aromatic rings. The standard InChI is InChI=1S/C25H40N4O6/c1-4-5-6-7-8-9-10-11-22(33)29-23(18(3)30)25(35)28-20-16-19(31)14-15-26-21(32)13-12-17(2)27-24(20)34/h8-13,17-20,23,30-31H,4-7,14-16H2,1-3H3,(H,26,32)(H,27,34)(H,28,35)(H,29,33)/b9-8+,11-10+,13-12-/t17-,18+,19-,20-,23+/m0/s1. The Balaban J connectivity index is 2.81. The Morgan fingerprint density at radius 1 is 1.26 bits per heavy atom. The number of hydrogen-bond donors (Lipinski definition) is 6. The lowest BCUT2D eigenvalue weighted by molar-refractivity contribution is -0.134. The molecule has 4 amide bonds. The number of allylic oxidation sites excluding steroid dienone is 3. The molecule has 10 heteroatoms. The van der Waals surface area contributed by atoms with Gasteiger partial charge in [0.2, 0.25) is 23.6 Å². The molecule has 1 heterocycles. The van der Waals surface area contributed by atoms with E-state index in [2.05, 4.69) is 28.2 Å². The fourth-order valence-electron chi connectivity index (χ4n) is 3.35. The summed E-state index contributed by atoms with van der Waals surface area (Å²) in [5.41, 5.74) is 0. The Hall–Kier alpha value is -2.98. The van der Waals surface area contributed by atoms with Gasteiger partial charge in [-0.3, -0.25) is 19.2 Å². The van der Waals surface area contributed by atoms with E-state index in [0.29, 0.717) is 0 Å². The average molecular weight is 493 g/mol. The zero-order valence-corrected chi connectivity index (χ0v) is 20.8. The average Bonchev–Trinajstić information content (AvgIpc) is 2.79. The first-order valence-electron chi connectivity index (χ1n) is 12.2. The Bertz CT molecular complexity index is 793. The van der Waals surface area contributed by atoms with Crippen molar-refractivity contribution in [3.63, 3.8) is 0 Å². The normalized spacial score (nSPS) is 24.5. The van der Waals surface area contributed by atoms with E-state index in [1.807, 2.05) is 6.08 Å². The van der Waals surface area contributed by atoms with Crippen LogP contribution < -0.4 is 21.3 Å². The molecule has 6 N–H and O–H groups in total. The summed E-state index contributed by atoms with van der Waals surface area (Å²) < 4.78 is 0. The quantitative estimate of drug-likeness (QED) is 0.147. The molecule has 1 aliphatic heterocycles. The van der Waals surface area contributed by atoms with Gasteiger partial charge in [0.15, 0.2) is 0 Å². The summed E-state index contributed by atoms with van der Waals surface area (Å²) in [6.07, 6.45) is 11.4. The third-order valence-corrected chi connectivity index (χ3v) is 5.36. The van der Waals surface area contributed by atoms with Gasteiger partial charge in [-0.2, -0.15) is 0 Å². The highest BCUT2D eigenvalue weighted by molar-refractivity contribution is 5.95. The zero-order valence-electron chi connectivity index (χ0n) is 20.8. The van der Waals surface area contributed by atoms with Gasteiger partial charge in [0.25, 0.3) is 0 Å². The van der Waals surface area contributed by atoms with Crippen molar-refractivity contribution in [2.24, 2.45) is 0 Å². The number of aliphatic hydroxyl groups is 2. The smallest absolute Gasteiger partial charge is 0.245 e. The van der Waals surface area contributed by atoms with Gasteiger partial charge in [0.05, 0.1) is 12.2 Å². The van der Waals surface area contributed by atoms with Gasteiger partial charge >= 0.3 is 0 Å². The first-order chi connectivity index (χ1) is 16.6. The highest BCUT2D eigenvalue weighted by atomic mass is 16.3. The summed E-state index contributed by atoms with van der Waals surface area (Å²) in [5, 5.41) is 30.6. The van der Waals surface area contributed by atoms with E-state index in [4.69, 9.17) is 0 Å². The molecule has 0 aliphatic carbocycles. The summed E-state index contributed by atoms with van der Waals surface area (Å²) in [6, 6.07) is -2.91. The maximum absolute atomic E-state index is 12.9. The van der Waals surface area contributed by atoms with Crippen molar-refractivity contribution >= 4 is 23.6 Å². The maximum atomic E-state index is 12.9. The van der Waals surface area contributed by atoms with Crippen LogP contribution in [0.25, 0.3) is 0 Å². The van der Waals surface area contributed by atoms with Crippen LogP contribution in [0.15, 0.2) is 36.5 Å². The number of nitrogens with one attached hydrogen (secondary N) is 4. The van der Waals surface area contributed by atoms with Crippen LogP contribution in [0.5, 0.6) is 0 Å². The third kappa shape index (κ3) is 12.9. The van der Waals surface area contributed by atoms with E-state index in [-0.39, 0.29) is 25.3 Å². The molecule has 0 aromatic heterocycles. The van der Waals surface area contributed by atoms with Crippen LogP contribution in [0.2, 0.25) is 0 Å². The number of aliphatic hydroxyl groups excluding tert-OH is 2. The van der Waals surface area contributed by atoms with Gasteiger partial charge in [-0.15, -0.1) is 0 Å². The minimum Gasteiger partial charge on any atom is -0.393 e. The molecule has 0 spiro atoms. The third-order valence-electron chi connectivity index (χ3n) is 5.36. The Kier molecular flexibility index (Phi) is 14.3. The van der Waals surface area contributed by atoms with Crippen molar-refractivity contribution in [1.29, 1.82) is 0 Å². The lowest BCUT2D eigenvalue weighted by Gasteiger charge is -2.26. The second kappa shape index (κ2) is 16.6. The molecular weight excluding hydrogens is 452 g/mol. The van der Waals surface area contributed by atoms with Crippen molar-refractivity contribution in [1.82, 2.24) is 21.3 Å². The van der Waals surface area contributed by atoms with Gasteiger partial charge in [-0.05, 0) is 33.1 Å². The summed E-state index contributed by atoms with van der Waals surface area (Å²) in [7, 11) is 0. The molecule has 0 saturated carbocycles. The van der Waals surface area contributed by atoms with E-state index in [1.54, 1.807) is 19.1 Å². The molecule has 0 bridgehead atoms. The predicted molar refractivity (Wildman–Crippen MR) is 133 cm³/mol. The van der Waals surface area contributed by atoms with Crippen molar-refractivity contribution < 1.29 is 29.4 Å². The molecule has 0 saturated heterocycles. The van der Waals surface area contributed by atoms with Gasteiger partial charge < -0.3 is 31.5 Å². The fraction of sp³-hybridized carbons (Fsp3) is 0.600. The summed E-state index contributed by atoms with van der Waals surface area (Å²) in [5.74, 6) is -2.21. The Morgan fingerprint density at radius 2 is 2.00 bits per heavy atom. The number of carbonyl (C=O) groups is 4. The van der Waals surface area contributed by atoms with E-state index >= 15 is 0 Å². The molecular formula is C25H40N4O6. The van der Waals surface area contributed by atoms with Gasteiger partial charge in [0, 0.05) is 31.2 Å². The number of carbonyl (C=O) groups excluding carboxylic acids is 4. The molecule has 196 valence electrons. The Morgan fingerprint density at radius 3 is 2.69 bits per heavy atom. The predicted octanol–water partition coefficient (Wildman–Crippen LogP) is 0.361. The van der Waals surface area contributed by atoms with Gasteiger partial charge in [-0.25, -0.2) is 0 Å². The molecule has 0 fully saturated rings. The van der Waals surface area contributed by atoms with E-state index in [9.17, 15) is 29.4 Å². The number of hydrogen-bond acceptors (Lipinski definition) is 6. The van der Waals surface area contributed by atoms with Crippen molar-refractivity contribution in [3.05, 3.63) is 36.5 Å². The minimum atomic E-state index is -1.30. The molecule has 0 unspecified atom stereocenters. The second-order valence-corrected chi connectivity index (χ2v) is 8.70. The fourth-order valence-corrected chi connectivity index (χ4v) is 3.35. The zero-order chi connectivity index (χ0) is 26.2. The number of unbranched alkanes of at least 4 members (excludes halogenated alkanes) is 3. The molecule has 1 aliphatic rings. The van der Waals surface area contributed by atoms with Crippen LogP contribution in [0, 0.1) is 0 Å². The minimum absolute atomic E-state index is 0.104. The SMILES string of the molecule is CCCCC/C=C/C=C/C(=O)N[C@@H](C(=O)N[C@H]1C[C@@H](O)CCNC(=O)/C=C\[C@H](C)NC1=O)[C@@H](C)O. The van der Waals surface area contributed by atoms with E-state index in [0.717, 1.165) is 25.7 Å². The van der Waals surface area contributed by atoms with Crippen LogP contribution in [-0.2, 0) is 19.2 Å². The topological polar surface area (TPSA) is 157 Å². The highest BCUT2D eigenvalue weighted by Crippen LogP contribution is 2.06. The molecule has 35 heavy (non-hydrogen) atoms. The lowest BCUT2D eigenvalue weighted by atomic mass is 10.0.